The Morgan fingerprint density at radius 2 is 1.91 bits per heavy atom. The number of urea groups is 1. The molecule has 2 aliphatic carbocycles. The van der Waals surface area contributed by atoms with Crippen molar-refractivity contribution in [3.05, 3.63) is 77.0 Å². The van der Waals surface area contributed by atoms with Crippen molar-refractivity contribution in [1.82, 2.24) is 24.3 Å². The molecule has 3 N–H and O–H groups in total. The zero-order valence-corrected chi connectivity index (χ0v) is 23.9. The first-order chi connectivity index (χ1) is 20.9. The van der Waals surface area contributed by atoms with E-state index in [2.05, 4.69) is 20.6 Å². The van der Waals surface area contributed by atoms with Gasteiger partial charge in [-0.1, -0.05) is 23.7 Å². The van der Waals surface area contributed by atoms with Gasteiger partial charge < -0.3 is 20.1 Å². The highest BCUT2D eigenvalue weighted by Crippen LogP contribution is 2.48. The molecule has 4 heterocycles. The summed E-state index contributed by atoms with van der Waals surface area (Å²) in [6.45, 7) is -0.103. The summed E-state index contributed by atoms with van der Waals surface area (Å²) in [5.74, 6) is 0.896. The van der Waals surface area contributed by atoms with E-state index in [1.807, 2.05) is 47.1 Å². The van der Waals surface area contributed by atoms with Crippen LogP contribution in [0.5, 0.6) is 0 Å². The average Bonchev–Trinajstić information content (AvgIpc) is 3.92. The number of carbonyl (C=O) groups is 3. The molecule has 0 unspecified atom stereocenters. The zero-order valence-electron chi connectivity index (χ0n) is 23.1. The van der Waals surface area contributed by atoms with Crippen molar-refractivity contribution < 1.29 is 19.5 Å². The minimum Gasteiger partial charge on any atom is -0.395 e. The lowest BCUT2D eigenvalue weighted by molar-refractivity contribution is -0.125. The predicted octanol–water partition coefficient (Wildman–Crippen LogP) is 3.77. The van der Waals surface area contributed by atoms with Crippen LogP contribution in [0.1, 0.15) is 47.9 Å². The summed E-state index contributed by atoms with van der Waals surface area (Å²) in [6.07, 6.45) is 8.21. The lowest BCUT2D eigenvalue weighted by Crippen LogP contribution is -2.35. The maximum Gasteiger partial charge on any atom is 0.331 e. The number of benzene rings is 1. The summed E-state index contributed by atoms with van der Waals surface area (Å²) in [6, 6.07) is 10.8. The van der Waals surface area contributed by atoms with E-state index >= 15 is 0 Å². The molecular formula is C30H29ClN8O4. The number of carbonyl (C=O) groups excluding carboxylic acids is 3. The monoisotopic (exact) mass is 600 g/mol. The summed E-state index contributed by atoms with van der Waals surface area (Å²) in [5.41, 5.74) is 3.97. The van der Waals surface area contributed by atoms with Crippen molar-refractivity contribution in [3.8, 4) is 0 Å². The fraction of sp³-hybridized carbons (Fsp3) is 0.333. The maximum absolute atomic E-state index is 13.0. The molecule has 43 heavy (non-hydrogen) atoms. The van der Waals surface area contributed by atoms with E-state index in [-0.39, 0.29) is 43.3 Å². The first kappa shape index (κ1) is 27.3. The molecule has 13 heteroatoms. The lowest BCUT2D eigenvalue weighted by atomic mass is 10.1. The van der Waals surface area contributed by atoms with Crippen LogP contribution in [-0.4, -0.2) is 66.9 Å². The number of amides is 4. The average molecular weight is 601 g/mol. The van der Waals surface area contributed by atoms with Gasteiger partial charge in [0.15, 0.2) is 5.65 Å². The second kappa shape index (κ2) is 10.9. The number of anilines is 3. The van der Waals surface area contributed by atoms with Crippen LogP contribution in [-0.2, 0) is 16.1 Å². The molecule has 0 radical (unpaired) electrons. The molecule has 4 amide bonds. The van der Waals surface area contributed by atoms with Gasteiger partial charge in [-0.25, -0.2) is 19.7 Å². The first-order valence-corrected chi connectivity index (χ1v) is 14.6. The molecule has 3 aliphatic rings. The largest absolute Gasteiger partial charge is 0.395 e. The van der Waals surface area contributed by atoms with Gasteiger partial charge in [0.25, 0.3) is 5.91 Å². The second-order valence-electron chi connectivity index (χ2n) is 11.2. The van der Waals surface area contributed by atoms with Crippen molar-refractivity contribution in [2.45, 2.75) is 37.6 Å². The minimum atomic E-state index is -0.461. The Morgan fingerprint density at radius 1 is 1.07 bits per heavy atom. The highest BCUT2D eigenvalue weighted by atomic mass is 35.5. The normalized spacial score (nSPS) is 19.8. The molecule has 4 aromatic rings. The summed E-state index contributed by atoms with van der Waals surface area (Å²) in [4.78, 5) is 54.1. The number of nitrogens with zero attached hydrogens (tertiary/aromatic N) is 6. The van der Waals surface area contributed by atoms with Crippen LogP contribution in [0.25, 0.3) is 5.65 Å². The zero-order chi connectivity index (χ0) is 29.7. The third-order valence-electron chi connectivity index (χ3n) is 8.10. The summed E-state index contributed by atoms with van der Waals surface area (Å²) in [5, 5.41) is 16.1. The van der Waals surface area contributed by atoms with Crippen LogP contribution in [0.15, 0.2) is 55.1 Å². The number of aromatic nitrogens is 4. The molecule has 3 fully saturated rings. The number of β-amino-alcohol motifs (C(OH)–C–C–N with tert-alkyl or cyclic N) is 1. The van der Waals surface area contributed by atoms with Crippen molar-refractivity contribution in [2.24, 2.45) is 5.92 Å². The third-order valence-corrected chi connectivity index (χ3v) is 8.33. The van der Waals surface area contributed by atoms with Gasteiger partial charge in [0, 0.05) is 29.4 Å². The number of nitrogens with one attached hydrogen (secondary N) is 2. The summed E-state index contributed by atoms with van der Waals surface area (Å²) < 4.78 is 1.89. The maximum atomic E-state index is 13.0. The Bertz CT molecular complexity index is 1760. The number of rotatable bonds is 10. The predicted molar refractivity (Wildman–Crippen MR) is 159 cm³/mol. The Balaban J connectivity index is 1.05. The highest BCUT2D eigenvalue weighted by molar-refractivity contribution is 6.30. The molecule has 1 aromatic carbocycles. The molecule has 0 bridgehead atoms. The quantitative estimate of drug-likeness (QED) is 0.233. The van der Waals surface area contributed by atoms with Gasteiger partial charge in [0.05, 0.1) is 31.1 Å². The molecule has 220 valence electrons. The fourth-order valence-electron chi connectivity index (χ4n) is 5.64. The fourth-order valence-corrected chi connectivity index (χ4v) is 5.84. The number of hydrogen-bond donors (Lipinski definition) is 3. The Labute approximate surface area is 251 Å². The molecule has 1 aliphatic heterocycles. The highest BCUT2D eigenvalue weighted by Gasteiger charge is 2.44. The lowest BCUT2D eigenvalue weighted by Gasteiger charge is -2.18. The van der Waals surface area contributed by atoms with E-state index in [1.54, 1.807) is 6.07 Å². The number of imide groups is 1. The second-order valence-corrected chi connectivity index (χ2v) is 11.6. The van der Waals surface area contributed by atoms with Crippen molar-refractivity contribution in [3.63, 3.8) is 0 Å². The van der Waals surface area contributed by atoms with Gasteiger partial charge in [-0.15, -0.1) is 0 Å². The summed E-state index contributed by atoms with van der Waals surface area (Å²) >= 11 is 6.11. The molecule has 1 saturated heterocycles. The number of halogens is 1. The number of pyridine rings is 1. The molecular weight excluding hydrogens is 572 g/mol. The molecule has 2 atom stereocenters. The first-order valence-electron chi connectivity index (χ1n) is 14.2. The van der Waals surface area contributed by atoms with Crippen LogP contribution >= 0.6 is 11.6 Å². The third kappa shape index (κ3) is 5.51. The topological polar surface area (TPSA) is 145 Å². The van der Waals surface area contributed by atoms with Crippen molar-refractivity contribution in [2.75, 3.05) is 35.2 Å². The van der Waals surface area contributed by atoms with Crippen molar-refractivity contribution in [1.29, 1.82) is 0 Å². The van der Waals surface area contributed by atoms with Crippen LogP contribution in [0.2, 0.25) is 5.02 Å². The SMILES string of the molecule is O=C(Nc1cc(NCc2cn3cc(C4CC4)cc(N4CC(=O)N(CCO)C4=O)c3n2)ncn1)[C@H]1C[C@@H]1c1cccc(Cl)c1. The Morgan fingerprint density at radius 3 is 2.70 bits per heavy atom. The molecule has 0 spiro atoms. The molecule has 12 nitrogen and oxygen atoms in total. The van der Waals surface area contributed by atoms with Gasteiger partial charge >= 0.3 is 6.03 Å². The number of fused-ring (bicyclic) bond motifs is 1. The van der Waals surface area contributed by atoms with Crippen LogP contribution in [0.4, 0.5) is 22.1 Å². The van der Waals surface area contributed by atoms with E-state index in [0.717, 1.165) is 35.3 Å². The number of aliphatic hydroxyl groups is 1. The summed E-state index contributed by atoms with van der Waals surface area (Å²) in [7, 11) is 0. The molecule has 3 aromatic heterocycles. The van der Waals surface area contributed by atoms with Crippen LogP contribution in [0.3, 0.4) is 0 Å². The van der Waals surface area contributed by atoms with Crippen LogP contribution < -0.4 is 15.5 Å². The van der Waals surface area contributed by atoms with Crippen LogP contribution in [0, 0.1) is 5.92 Å². The van der Waals surface area contributed by atoms with Crippen molar-refractivity contribution >= 4 is 52.4 Å². The molecule has 7 rings (SSSR count). The number of imidazole rings is 1. The van der Waals surface area contributed by atoms with Gasteiger partial charge in [-0.2, -0.15) is 0 Å². The Kier molecular flexibility index (Phi) is 6.94. The van der Waals surface area contributed by atoms with E-state index in [4.69, 9.17) is 16.6 Å². The minimum absolute atomic E-state index is 0.0408. The van der Waals surface area contributed by atoms with Gasteiger partial charge in [-0.05, 0) is 60.4 Å². The number of aliphatic hydroxyl groups excluding tert-OH is 1. The van der Waals surface area contributed by atoms with Gasteiger partial charge in [0.1, 0.15) is 24.5 Å². The van der Waals surface area contributed by atoms with E-state index < -0.39 is 6.03 Å². The molecule has 2 saturated carbocycles. The van der Waals surface area contributed by atoms with E-state index in [1.165, 1.54) is 11.2 Å². The van der Waals surface area contributed by atoms with E-state index in [9.17, 15) is 19.5 Å². The Hall–Kier alpha value is -4.55. The van der Waals surface area contributed by atoms with Gasteiger partial charge in [-0.3, -0.25) is 19.4 Å². The van der Waals surface area contributed by atoms with E-state index in [0.29, 0.717) is 46.1 Å². The standard InChI is InChI=1S/C30H29ClN8O4/c31-20-3-1-2-18(8-20)22-10-23(22)29(42)36-26-11-25(33-16-34-26)32-12-21-14-37-13-19(17-4-5-17)9-24(28(37)35-21)39-15-27(41)38(6-7-40)30(39)43/h1-3,8-9,11,13-14,16-17,22-23,40H,4-7,10,12,15H2,(H2,32,33,34,36,42)/t22-,23+/m1/s1. The van der Waals surface area contributed by atoms with Gasteiger partial charge in [0.2, 0.25) is 5.91 Å². The smallest absolute Gasteiger partial charge is 0.331 e. The number of hydrogen-bond acceptors (Lipinski definition) is 8.